The summed E-state index contributed by atoms with van der Waals surface area (Å²) >= 11 is 1.52. The second-order valence-corrected chi connectivity index (χ2v) is 9.13. The Morgan fingerprint density at radius 3 is 2.74 bits per heavy atom. The monoisotopic (exact) mass is 496 g/mol. The van der Waals surface area contributed by atoms with E-state index < -0.39 is 17.6 Å². The van der Waals surface area contributed by atoms with Crippen molar-refractivity contribution >= 4 is 34.5 Å². The van der Waals surface area contributed by atoms with Gasteiger partial charge in [-0.1, -0.05) is 31.7 Å². The average molecular weight is 497 g/mol. The molecule has 0 aliphatic rings. The number of carbonyl (C=O) groups is 1. The van der Waals surface area contributed by atoms with Crippen LogP contribution in [0, 0.1) is 0 Å². The van der Waals surface area contributed by atoms with Gasteiger partial charge in [-0.15, -0.1) is 0 Å². The highest BCUT2D eigenvalue weighted by molar-refractivity contribution is 7.99. The number of ether oxygens (including phenoxy) is 1. The number of anilines is 1. The Morgan fingerprint density at radius 2 is 2.03 bits per heavy atom. The number of carbonyl (C=O) groups excluding carboxylic acids is 1. The van der Waals surface area contributed by atoms with E-state index in [1.807, 2.05) is 20.8 Å². The third-order valence-corrected chi connectivity index (χ3v) is 5.49. The maximum atomic E-state index is 12.9. The smallest absolute Gasteiger partial charge is 0.380 e. The lowest BCUT2D eigenvalue weighted by atomic mass is 10.1. The molecule has 1 aromatic carbocycles. The van der Waals surface area contributed by atoms with Crippen LogP contribution in [-0.4, -0.2) is 57.2 Å². The lowest BCUT2D eigenvalue weighted by Gasteiger charge is -2.11. The molecule has 0 spiro atoms. The van der Waals surface area contributed by atoms with Crippen LogP contribution < -0.4 is 10.6 Å². The first-order valence-corrected chi connectivity index (χ1v) is 11.7. The molecular weight excluding hydrogens is 469 g/mol. The van der Waals surface area contributed by atoms with Crippen molar-refractivity contribution in [1.82, 2.24) is 25.1 Å². The minimum absolute atomic E-state index is 0.0566. The standard InChI is InChI=1S/C22H27F3N6O2S/c1-4-33-11-9-26-18-17-13-28-31(19(17)30-21(29-18)34-14(2)3)10-8-27-20(32)15-6-5-7-16(12-15)22(23,24)25/h5-7,12-14H,4,8-11H2,1-3H3,(H,27,32)(H,26,29,30). The summed E-state index contributed by atoms with van der Waals surface area (Å²) in [6.07, 6.45) is -2.86. The van der Waals surface area contributed by atoms with Gasteiger partial charge < -0.3 is 15.4 Å². The highest BCUT2D eigenvalue weighted by Gasteiger charge is 2.30. The van der Waals surface area contributed by atoms with E-state index >= 15 is 0 Å². The summed E-state index contributed by atoms with van der Waals surface area (Å²) in [6.45, 7) is 8.19. The number of amides is 1. The molecule has 2 N–H and O–H groups in total. The van der Waals surface area contributed by atoms with E-state index in [-0.39, 0.29) is 23.9 Å². The molecule has 8 nitrogen and oxygen atoms in total. The van der Waals surface area contributed by atoms with Gasteiger partial charge in [-0.05, 0) is 25.1 Å². The minimum atomic E-state index is -4.51. The SMILES string of the molecule is CCOCCNc1nc(SC(C)C)nc2c1cnn2CCNC(=O)c1cccc(C(F)(F)F)c1. The molecule has 1 amide bonds. The fraction of sp³-hybridized carbons (Fsp3) is 0.455. The summed E-state index contributed by atoms with van der Waals surface area (Å²) in [6, 6.07) is 4.32. The van der Waals surface area contributed by atoms with E-state index in [1.54, 1.807) is 10.9 Å². The number of nitrogens with zero attached hydrogens (tertiary/aromatic N) is 4. The second kappa shape index (κ2) is 11.5. The number of nitrogens with one attached hydrogen (secondary N) is 2. The topological polar surface area (TPSA) is 94.0 Å². The van der Waals surface area contributed by atoms with Crippen LogP contribution in [0.1, 0.15) is 36.7 Å². The van der Waals surface area contributed by atoms with Gasteiger partial charge in [-0.25, -0.2) is 14.6 Å². The molecule has 0 aliphatic carbocycles. The number of hydrogen-bond donors (Lipinski definition) is 2. The predicted molar refractivity (Wildman–Crippen MR) is 125 cm³/mol. The maximum Gasteiger partial charge on any atom is 0.416 e. The first kappa shape index (κ1) is 25.8. The van der Waals surface area contributed by atoms with Crippen molar-refractivity contribution in [2.24, 2.45) is 0 Å². The van der Waals surface area contributed by atoms with Crippen LogP contribution in [0.4, 0.5) is 19.0 Å². The highest BCUT2D eigenvalue weighted by Crippen LogP contribution is 2.29. The molecule has 184 valence electrons. The van der Waals surface area contributed by atoms with Crippen LogP contribution in [0.15, 0.2) is 35.6 Å². The van der Waals surface area contributed by atoms with Gasteiger partial charge in [0, 0.05) is 30.5 Å². The van der Waals surface area contributed by atoms with E-state index in [9.17, 15) is 18.0 Å². The Bertz CT molecular complexity index is 1120. The first-order valence-electron chi connectivity index (χ1n) is 10.9. The summed E-state index contributed by atoms with van der Waals surface area (Å²) in [5.74, 6) is 0.0543. The van der Waals surface area contributed by atoms with Crippen molar-refractivity contribution in [3.05, 3.63) is 41.6 Å². The number of halogens is 3. The Kier molecular flexibility index (Phi) is 8.72. The van der Waals surface area contributed by atoms with Gasteiger partial charge in [-0.3, -0.25) is 4.79 Å². The van der Waals surface area contributed by atoms with Crippen LogP contribution in [0.3, 0.4) is 0 Å². The van der Waals surface area contributed by atoms with E-state index in [2.05, 4.69) is 25.7 Å². The summed E-state index contributed by atoms with van der Waals surface area (Å²) in [5.41, 5.74) is -0.321. The molecule has 0 saturated heterocycles. The minimum Gasteiger partial charge on any atom is -0.380 e. The molecule has 0 atom stereocenters. The molecule has 3 aromatic rings. The Labute approximate surface area is 199 Å². The van der Waals surface area contributed by atoms with Crippen molar-refractivity contribution in [3.63, 3.8) is 0 Å². The zero-order valence-corrected chi connectivity index (χ0v) is 20.0. The van der Waals surface area contributed by atoms with Crippen molar-refractivity contribution in [3.8, 4) is 0 Å². The number of thioether (sulfide) groups is 1. The van der Waals surface area contributed by atoms with Crippen molar-refractivity contribution < 1.29 is 22.7 Å². The summed E-state index contributed by atoms with van der Waals surface area (Å²) < 4.78 is 45.7. The lowest BCUT2D eigenvalue weighted by Crippen LogP contribution is -2.27. The average Bonchev–Trinajstić information content (AvgIpc) is 3.18. The van der Waals surface area contributed by atoms with Crippen LogP contribution in [0.25, 0.3) is 11.0 Å². The number of benzene rings is 1. The first-order chi connectivity index (χ1) is 16.2. The van der Waals surface area contributed by atoms with Crippen molar-refractivity contribution in [2.75, 3.05) is 31.6 Å². The normalized spacial score (nSPS) is 11.9. The zero-order valence-electron chi connectivity index (χ0n) is 19.1. The second-order valence-electron chi connectivity index (χ2n) is 7.58. The number of alkyl halides is 3. The third-order valence-electron chi connectivity index (χ3n) is 4.62. The number of fused-ring (bicyclic) bond motifs is 1. The molecule has 0 fully saturated rings. The molecule has 2 heterocycles. The van der Waals surface area contributed by atoms with Crippen molar-refractivity contribution in [1.29, 1.82) is 0 Å². The largest absolute Gasteiger partial charge is 0.416 e. The summed E-state index contributed by atoms with van der Waals surface area (Å²) in [7, 11) is 0. The van der Waals surface area contributed by atoms with Crippen LogP contribution in [0.5, 0.6) is 0 Å². The van der Waals surface area contributed by atoms with Crippen LogP contribution >= 0.6 is 11.8 Å². The summed E-state index contributed by atoms with van der Waals surface area (Å²) in [5, 5.41) is 11.9. The quantitative estimate of drug-likeness (QED) is 0.233. The van der Waals surface area contributed by atoms with Gasteiger partial charge in [0.15, 0.2) is 10.8 Å². The van der Waals surface area contributed by atoms with Gasteiger partial charge in [0.25, 0.3) is 5.91 Å². The molecular formula is C22H27F3N6O2S. The van der Waals surface area contributed by atoms with Gasteiger partial charge in [0.05, 0.1) is 30.3 Å². The van der Waals surface area contributed by atoms with Crippen molar-refractivity contribution in [2.45, 2.75) is 43.9 Å². The van der Waals surface area contributed by atoms with E-state index in [1.165, 1.54) is 23.9 Å². The van der Waals surface area contributed by atoms with E-state index in [4.69, 9.17) is 4.74 Å². The highest BCUT2D eigenvalue weighted by atomic mass is 32.2. The molecule has 2 aromatic heterocycles. The molecule has 34 heavy (non-hydrogen) atoms. The third kappa shape index (κ3) is 6.83. The molecule has 0 bridgehead atoms. The summed E-state index contributed by atoms with van der Waals surface area (Å²) in [4.78, 5) is 21.6. The fourth-order valence-corrected chi connectivity index (χ4v) is 3.80. The Balaban J connectivity index is 1.72. The number of hydrogen-bond acceptors (Lipinski definition) is 7. The lowest BCUT2D eigenvalue weighted by molar-refractivity contribution is -0.137. The van der Waals surface area contributed by atoms with Gasteiger partial charge in [0.1, 0.15) is 5.82 Å². The maximum absolute atomic E-state index is 12.9. The molecule has 0 radical (unpaired) electrons. The Hall–Kier alpha value is -2.86. The molecule has 0 unspecified atom stereocenters. The molecule has 0 aliphatic heterocycles. The van der Waals surface area contributed by atoms with Crippen LogP contribution in [0.2, 0.25) is 0 Å². The van der Waals surface area contributed by atoms with Gasteiger partial charge >= 0.3 is 6.18 Å². The number of aromatic nitrogens is 4. The predicted octanol–water partition coefficient (Wildman–Crippen LogP) is 4.22. The van der Waals surface area contributed by atoms with E-state index in [0.29, 0.717) is 36.4 Å². The van der Waals surface area contributed by atoms with E-state index in [0.717, 1.165) is 17.5 Å². The van der Waals surface area contributed by atoms with Gasteiger partial charge in [-0.2, -0.15) is 18.3 Å². The Morgan fingerprint density at radius 1 is 1.24 bits per heavy atom. The molecule has 3 rings (SSSR count). The zero-order chi connectivity index (χ0) is 24.7. The molecule has 12 heteroatoms. The van der Waals surface area contributed by atoms with Crippen LogP contribution in [-0.2, 0) is 17.5 Å². The van der Waals surface area contributed by atoms with Gasteiger partial charge in [0.2, 0.25) is 0 Å². The number of rotatable bonds is 11. The fourth-order valence-electron chi connectivity index (χ4n) is 3.10. The molecule has 0 saturated carbocycles.